The molecule has 0 bridgehead atoms. The Morgan fingerprint density at radius 1 is 1.47 bits per heavy atom. The molecule has 1 heterocycles. The zero-order chi connectivity index (χ0) is 13.8. The molecule has 1 aromatic rings. The second-order valence-corrected chi connectivity index (χ2v) is 5.34. The van der Waals surface area contributed by atoms with E-state index in [0.29, 0.717) is 24.2 Å². The van der Waals surface area contributed by atoms with Gasteiger partial charge < -0.3 is 10.6 Å². The highest BCUT2D eigenvalue weighted by molar-refractivity contribution is 5.94. The normalized spacial score (nSPS) is 23.1. The van der Waals surface area contributed by atoms with Gasteiger partial charge in [-0.3, -0.25) is 4.79 Å². The third-order valence-electron chi connectivity index (χ3n) is 3.66. The van der Waals surface area contributed by atoms with Gasteiger partial charge in [0.2, 0.25) is 0 Å². The van der Waals surface area contributed by atoms with E-state index >= 15 is 0 Å². The second kappa shape index (κ2) is 6.15. The number of carbonyl (C=O) groups is 1. The maximum atomic E-state index is 13.8. The molecule has 0 aliphatic carbocycles. The summed E-state index contributed by atoms with van der Waals surface area (Å²) in [6.45, 7) is 4.36. The fourth-order valence-corrected chi connectivity index (χ4v) is 2.53. The summed E-state index contributed by atoms with van der Waals surface area (Å²) >= 11 is 0. The molecule has 1 aliphatic heterocycles. The van der Waals surface area contributed by atoms with Crippen LogP contribution in [0.3, 0.4) is 0 Å². The Labute approximate surface area is 113 Å². The molecule has 1 fully saturated rings. The number of benzene rings is 1. The summed E-state index contributed by atoms with van der Waals surface area (Å²) < 4.78 is 13.8. The van der Waals surface area contributed by atoms with Crippen LogP contribution < -0.4 is 10.6 Å². The number of piperidine rings is 1. The van der Waals surface area contributed by atoms with Gasteiger partial charge in [0.1, 0.15) is 5.82 Å². The summed E-state index contributed by atoms with van der Waals surface area (Å²) in [6.07, 6.45) is 3.41. The fourth-order valence-electron chi connectivity index (χ4n) is 2.53. The van der Waals surface area contributed by atoms with Crippen LogP contribution in [0.2, 0.25) is 0 Å². The highest BCUT2D eigenvalue weighted by Gasteiger charge is 2.19. The SMILES string of the molecule is Cc1cccc(C(=O)NCC2CCCC(C)N2)c1F. The van der Waals surface area contributed by atoms with E-state index in [4.69, 9.17) is 0 Å². The van der Waals surface area contributed by atoms with Crippen LogP contribution in [0, 0.1) is 12.7 Å². The molecule has 104 valence electrons. The van der Waals surface area contributed by atoms with Crippen molar-refractivity contribution < 1.29 is 9.18 Å². The summed E-state index contributed by atoms with van der Waals surface area (Å²) in [7, 11) is 0. The standard InChI is InChI=1S/C15H21FN2O/c1-10-5-3-8-13(14(10)16)15(19)17-9-12-7-4-6-11(2)18-12/h3,5,8,11-12,18H,4,6-7,9H2,1-2H3,(H,17,19). The number of hydrogen-bond donors (Lipinski definition) is 2. The van der Waals surface area contributed by atoms with Crippen molar-refractivity contribution >= 4 is 5.91 Å². The van der Waals surface area contributed by atoms with E-state index in [9.17, 15) is 9.18 Å². The zero-order valence-corrected chi connectivity index (χ0v) is 11.5. The van der Waals surface area contributed by atoms with E-state index in [1.165, 1.54) is 18.9 Å². The van der Waals surface area contributed by atoms with E-state index in [1.807, 2.05) is 0 Å². The van der Waals surface area contributed by atoms with Crippen molar-refractivity contribution in [1.82, 2.24) is 10.6 Å². The Morgan fingerprint density at radius 3 is 3.00 bits per heavy atom. The molecule has 1 aromatic carbocycles. The van der Waals surface area contributed by atoms with Gasteiger partial charge in [-0.05, 0) is 38.3 Å². The molecule has 0 saturated carbocycles. The Kier molecular flexibility index (Phi) is 4.53. The number of rotatable bonds is 3. The minimum Gasteiger partial charge on any atom is -0.350 e. The lowest BCUT2D eigenvalue weighted by Gasteiger charge is -2.28. The molecular weight excluding hydrogens is 243 g/mol. The zero-order valence-electron chi connectivity index (χ0n) is 11.5. The molecule has 4 heteroatoms. The van der Waals surface area contributed by atoms with Crippen LogP contribution in [0.25, 0.3) is 0 Å². The first-order valence-corrected chi connectivity index (χ1v) is 6.87. The van der Waals surface area contributed by atoms with Crippen molar-refractivity contribution in [3.05, 3.63) is 35.1 Å². The first-order chi connectivity index (χ1) is 9.08. The molecule has 2 unspecified atom stereocenters. The van der Waals surface area contributed by atoms with Crippen molar-refractivity contribution in [2.24, 2.45) is 0 Å². The van der Waals surface area contributed by atoms with Gasteiger partial charge in [0, 0.05) is 18.6 Å². The van der Waals surface area contributed by atoms with E-state index in [2.05, 4.69) is 17.6 Å². The Morgan fingerprint density at radius 2 is 2.26 bits per heavy atom. The summed E-state index contributed by atoms with van der Waals surface area (Å²) in [5.74, 6) is -0.758. The third kappa shape index (κ3) is 3.53. The van der Waals surface area contributed by atoms with E-state index in [0.717, 1.165) is 6.42 Å². The van der Waals surface area contributed by atoms with Gasteiger partial charge in [-0.1, -0.05) is 18.6 Å². The molecule has 1 saturated heterocycles. The Balaban J connectivity index is 1.92. The summed E-state index contributed by atoms with van der Waals surface area (Å²) in [5.41, 5.74) is 0.626. The van der Waals surface area contributed by atoms with E-state index in [-0.39, 0.29) is 11.5 Å². The van der Waals surface area contributed by atoms with Crippen LogP contribution in [-0.2, 0) is 0 Å². The highest BCUT2D eigenvalue weighted by Crippen LogP contribution is 2.13. The minimum atomic E-state index is -0.426. The molecular formula is C15H21FN2O. The molecule has 19 heavy (non-hydrogen) atoms. The van der Waals surface area contributed by atoms with Gasteiger partial charge in [0.15, 0.2) is 0 Å². The van der Waals surface area contributed by atoms with Crippen molar-refractivity contribution in [2.75, 3.05) is 6.54 Å². The number of carbonyl (C=O) groups excluding carboxylic acids is 1. The monoisotopic (exact) mass is 264 g/mol. The molecule has 2 rings (SSSR count). The molecule has 3 nitrogen and oxygen atoms in total. The third-order valence-corrected chi connectivity index (χ3v) is 3.66. The predicted molar refractivity (Wildman–Crippen MR) is 73.7 cm³/mol. The van der Waals surface area contributed by atoms with Crippen LogP contribution in [0.4, 0.5) is 4.39 Å². The highest BCUT2D eigenvalue weighted by atomic mass is 19.1. The van der Waals surface area contributed by atoms with E-state index < -0.39 is 5.82 Å². The average Bonchev–Trinajstić information content (AvgIpc) is 2.39. The van der Waals surface area contributed by atoms with Gasteiger partial charge in [0.05, 0.1) is 5.56 Å². The first kappa shape index (κ1) is 14.0. The van der Waals surface area contributed by atoms with Crippen molar-refractivity contribution in [1.29, 1.82) is 0 Å². The van der Waals surface area contributed by atoms with Crippen LogP contribution in [0.15, 0.2) is 18.2 Å². The smallest absolute Gasteiger partial charge is 0.254 e. The van der Waals surface area contributed by atoms with Crippen LogP contribution in [0.5, 0.6) is 0 Å². The lowest BCUT2D eigenvalue weighted by molar-refractivity contribution is 0.0942. The van der Waals surface area contributed by atoms with Gasteiger partial charge >= 0.3 is 0 Å². The number of aryl methyl sites for hydroxylation is 1. The maximum Gasteiger partial charge on any atom is 0.254 e. The topological polar surface area (TPSA) is 41.1 Å². The van der Waals surface area contributed by atoms with Gasteiger partial charge in [0.25, 0.3) is 5.91 Å². The number of nitrogens with one attached hydrogen (secondary N) is 2. The molecule has 0 aromatic heterocycles. The summed E-state index contributed by atoms with van der Waals surface area (Å²) in [5, 5.41) is 6.26. The first-order valence-electron chi connectivity index (χ1n) is 6.87. The molecule has 0 radical (unpaired) electrons. The van der Waals surface area contributed by atoms with Gasteiger partial charge in [-0.25, -0.2) is 4.39 Å². The molecule has 2 atom stereocenters. The molecule has 0 spiro atoms. The average molecular weight is 264 g/mol. The maximum absolute atomic E-state index is 13.8. The number of hydrogen-bond acceptors (Lipinski definition) is 2. The van der Waals surface area contributed by atoms with E-state index in [1.54, 1.807) is 19.1 Å². The quantitative estimate of drug-likeness (QED) is 0.880. The summed E-state index contributed by atoms with van der Waals surface area (Å²) in [6, 6.07) is 5.67. The lowest BCUT2D eigenvalue weighted by Crippen LogP contribution is -2.47. The van der Waals surface area contributed by atoms with Crippen molar-refractivity contribution in [2.45, 2.75) is 45.2 Å². The largest absolute Gasteiger partial charge is 0.350 e. The lowest BCUT2D eigenvalue weighted by atomic mass is 9.99. The van der Waals surface area contributed by atoms with Crippen molar-refractivity contribution in [3.63, 3.8) is 0 Å². The molecule has 1 aliphatic rings. The second-order valence-electron chi connectivity index (χ2n) is 5.34. The van der Waals surface area contributed by atoms with Crippen molar-refractivity contribution in [3.8, 4) is 0 Å². The number of amides is 1. The Bertz CT molecular complexity index is 461. The molecule has 1 amide bonds. The fraction of sp³-hybridized carbons (Fsp3) is 0.533. The van der Waals surface area contributed by atoms with Crippen LogP contribution >= 0.6 is 0 Å². The number of halogens is 1. The molecule has 2 N–H and O–H groups in total. The predicted octanol–water partition coefficient (Wildman–Crippen LogP) is 2.39. The Hall–Kier alpha value is -1.42. The van der Waals surface area contributed by atoms with Gasteiger partial charge in [-0.2, -0.15) is 0 Å². The van der Waals surface area contributed by atoms with Crippen LogP contribution in [-0.4, -0.2) is 24.5 Å². The summed E-state index contributed by atoms with van der Waals surface area (Å²) in [4.78, 5) is 12.0. The van der Waals surface area contributed by atoms with Crippen LogP contribution in [0.1, 0.15) is 42.1 Å². The minimum absolute atomic E-state index is 0.129. The van der Waals surface area contributed by atoms with Gasteiger partial charge in [-0.15, -0.1) is 0 Å².